The number of fused-ring (bicyclic) bond motifs is 1. The summed E-state index contributed by atoms with van der Waals surface area (Å²) in [7, 11) is 1.93. The van der Waals surface area contributed by atoms with Gasteiger partial charge in [0.15, 0.2) is 0 Å². The number of nitrogens with zero attached hydrogens (tertiary/aromatic N) is 2. The van der Waals surface area contributed by atoms with E-state index in [-0.39, 0.29) is 24.1 Å². The zero-order valence-corrected chi connectivity index (χ0v) is 23.0. The van der Waals surface area contributed by atoms with Crippen molar-refractivity contribution in [1.29, 1.82) is 0 Å². The molecule has 0 radical (unpaired) electrons. The number of rotatable bonds is 10. The van der Waals surface area contributed by atoms with Crippen LogP contribution < -0.4 is 15.6 Å². The van der Waals surface area contributed by atoms with Gasteiger partial charge in [-0.05, 0) is 93.7 Å². The largest absolute Gasteiger partial charge is 0.494 e. The number of ether oxygens (including phenoxy) is 1. The normalized spacial score (nSPS) is 13.7. The van der Waals surface area contributed by atoms with Crippen molar-refractivity contribution in [1.82, 2.24) is 25.4 Å². The van der Waals surface area contributed by atoms with Crippen LogP contribution in [0.3, 0.4) is 0 Å². The van der Waals surface area contributed by atoms with Crippen molar-refractivity contribution >= 4 is 16.8 Å². The van der Waals surface area contributed by atoms with E-state index >= 15 is 0 Å². The standard InChI is InChI=1S/C31H37N5O3/c1-20-15-21(2)34-30(37)28(20)19-36(24-7-4-5-8-24)31(38)26-16-23(17-29-27(26)18-33-35-29)22-9-11-25(12-10-22)39-14-6-13-32-3/h9-12,15-18,24,32H,4-8,13-14,19H2,1-3H3,(H,33,35)(H,34,37). The first-order chi connectivity index (χ1) is 18.9. The maximum absolute atomic E-state index is 14.3. The van der Waals surface area contributed by atoms with Gasteiger partial charge in [0.2, 0.25) is 0 Å². The molecule has 0 saturated heterocycles. The summed E-state index contributed by atoms with van der Waals surface area (Å²) in [5.41, 5.74) is 5.55. The lowest BCUT2D eigenvalue weighted by molar-refractivity contribution is 0.0665. The molecule has 2 aromatic heterocycles. The first-order valence-electron chi connectivity index (χ1n) is 13.8. The maximum Gasteiger partial charge on any atom is 0.255 e. The SMILES string of the molecule is CNCCCOc1ccc(-c2cc(C(=O)N(Cc3c(C)cc(C)[nH]c3=O)C3CCCC3)c3cn[nH]c3c2)cc1. The van der Waals surface area contributed by atoms with E-state index in [4.69, 9.17) is 4.74 Å². The molecule has 8 heteroatoms. The number of H-pyrrole nitrogens is 2. The van der Waals surface area contributed by atoms with Gasteiger partial charge in [-0.2, -0.15) is 5.10 Å². The third-order valence-corrected chi connectivity index (χ3v) is 7.67. The molecule has 1 aliphatic carbocycles. The monoisotopic (exact) mass is 527 g/mol. The van der Waals surface area contributed by atoms with E-state index in [1.54, 1.807) is 6.20 Å². The number of hydrogen-bond donors (Lipinski definition) is 3. The quantitative estimate of drug-likeness (QED) is 0.249. The smallest absolute Gasteiger partial charge is 0.255 e. The number of pyridine rings is 1. The third kappa shape index (κ3) is 5.91. The molecular formula is C31H37N5O3. The van der Waals surface area contributed by atoms with Crippen molar-refractivity contribution in [3.63, 3.8) is 0 Å². The molecule has 8 nitrogen and oxygen atoms in total. The van der Waals surface area contributed by atoms with Gasteiger partial charge in [-0.1, -0.05) is 25.0 Å². The molecule has 3 N–H and O–H groups in total. The predicted octanol–water partition coefficient (Wildman–Crippen LogP) is 5.11. The second-order valence-corrected chi connectivity index (χ2v) is 10.5. The summed E-state index contributed by atoms with van der Waals surface area (Å²) in [4.78, 5) is 32.0. The minimum Gasteiger partial charge on any atom is -0.494 e. The van der Waals surface area contributed by atoms with Gasteiger partial charge in [0.25, 0.3) is 11.5 Å². The molecule has 4 aromatic rings. The van der Waals surface area contributed by atoms with Crippen molar-refractivity contribution in [3.05, 3.63) is 81.4 Å². The highest BCUT2D eigenvalue weighted by molar-refractivity contribution is 6.08. The van der Waals surface area contributed by atoms with E-state index in [1.807, 2.05) is 68.3 Å². The van der Waals surface area contributed by atoms with E-state index < -0.39 is 0 Å². The summed E-state index contributed by atoms with van der Waals surface area (Å²) >= 11 is 0. The molecule has 39 heavy (non-hydrogen) atoms. The Labute approximate surface area is 228 Å². The van der Waals surface area contributed by atoms with Crippen molar-refractivity contribution in [2.24, 2.45) is 0 Å². The lowest BCUT2D eigenvalue weighted by atomic mass is 9.98. The Morgan fingerprint density at radius 2 is 1.87 bits per heavy atom. The molecular weight excluding hydrogens is 490 g/mol. The fourth-order valence-corrected chi connectivity index (χ4v) is 5.56. The zero-order valence-electron chi connectivity index (χ0n) is 23.0. The molecule has 0 atom stereocenters. The molecule has 0 bridgehead atoms. The van der Waals surface area contributed by atoms with E-state index in [2.05, 4.69) is 20.5 Å². The van der Waals surface area contributed by atoms with Gasteiger partial charge in [0.05, 0.1) is 30.4 Å². The first-order valence-corrected chi connectivity index (χ1v) is 13.8. The van der Waals surface area contributed by atoms with Gasteiger partial charge < -0.3 is 19.9 Å². The number of hydrogen-bond acceptors (Lipinski definition) is 5. The van der Waals surface area contributed by atoms with Crippen LogP contribution in [0.15, 0.2) is 53.5 Å². The molecule has 1 amide bonds. The summed E-state index contributed by atoms with van der Waals surface area (Å²) < 4.78 is 5.85. The maximum atomic E-state index is 14.3. The second kappa shape index (κ2) is 11.9. The minimum absolute atomic E-state index is 0.0704. The number of carbonyl (C=O) groups is 1. The van der Waals surface area contributed by atoms with Crippen molar-refractivity contribution in [2.45, 2.75) is 58.5 Å². The molecule has 204 valence electrons. The van der Waals surface area contributed by atoms with Crippen LogP contribution in [0.2, 0.25) is 0 Å². The van der Waals surface area contributed by atoms with Gasteiger partial charge in [-0.15, -0.1) is 0 Å². The van der Waals surface area contributed by atoms with E-state index in [0.29, 0.717) is 17.7 Å². The average Bonchev–Trinajstić information content (AvgIpc) is 3.63. The fraction of sp³-hybridized carbons (Fsp3) is 0.387. The van der Waals surface area contributed by atoms with E-state index in [1.165, 1.54) is 0 Å². The summed E-state index contributed by atoms with van der Waals surface area (Å²) in [6, 6.07) is 14.0. The van der Waals surface area contributed by atoms with Gasteiger partial charge in [0.1, 0.15) is 5.75 Å². The molecule has 1 fully saturated rings. The third-order valence-electron chi connectivity index (χ3n) is 7.67. The van der Waals surface area contributed by atoms with Crippen molar-refractivity contribution in [3.8, 4) is 16.9 Å². The lowest BCUT2D eigenvalue weighted by Crippen LogP contribution is -2.40. The van der Waals surface area contributed by atoms with Crippen LogP contribution in [0, 0.1) is 13.8 Å². The summed E-state index contributed by atoms with van der Waals surface area (Å²) in [6.07, 6.45) is 6.71. The highest BCUT2D eigenvalue weighted by Crippen LogP contribution is 2.32. The number of aryl methyl sites for hydroxylation is 2. The first kappa shape index (κ1) is 26.7. The fourth-order valence-electron chi connectivity index (χ4n) is 5.56. The Morgan fingerprint density at radius 1 is 1.10 bits per heavy atom. The van der Waals surface area contributed by atoms with Gasteiger partial charge >= 0.3 is 0 Å². The molecule has 1 saturated carbocycles. The molecule has 2 aromatic carbocycles. The Hall–Kier alpha value is -3.91. The number of carbonyl (C=O) groups excluding carboxylic acids is 1. The highest BCUT2D eigenvalue weighted by atomic mass is 16.5. The molecule has 0 aliphatic heterocycles. The van der Waals surface area contributed by atoms with Crippen LogP contribution in [-0.4, -0.2) is 52.2 Å². The summed E-state index contributed by atoms with van der Waals surface area (Å²) in [5.74, 6) is 0.749. The highest BCUT2D eigenvalue weighted by Gasteiger charge is 2.30. The topological polar surface area (TPSA) is 103 Å². The lowest BCUT2D eigenvalue weighted by Gasteiger charge is -2.30. The molecule has 0 unspecified atom stereocenters. The van der Waals surface area contributed by atoms with Crippen LogP contribution in [-0.2, 0) is 6.54 Å². The summed E-state index contributed by atoms with van der Waals surface area (Å²) in [6.45, 7) is 5.67. The number of aromatic nitrogens is 3. The second-order valence-electron chi connectivity index (χ2n) is 10.5. The Kier molecular flexibility index (Phi) is 8.12. The molecule has 2 heterocycles. The van der Waals surface area contributed by atoms with Crippen LogP contribution in [0.4, 0.5) is 0 Å². The van der Waals surface area contributed by atoms with Crippen LogP contribution in [0.25, 0.3) is 22.0 Å². The molecule has 5 rings (SSSR count). The minimum atomic E-state index is -0.126. The van der Waals surface area contributed by atoms with Crippen LogP contribution in [0.1, 0.15) is 59.3 Å². The Morgan fingerprint density at radius 3 is 2.59 bits per heavy atom. The zero-order chi connectivity index (χ0) is 27.4. The van der Waals surface area contributed by atoms with E-state index in [0.717, 1.165) is 77.7 Å². The number of benzene rings is 2. The Balaban J connectivity index is 1.48. The van der Waals surface area contributed by atoms with Crippen molar-refractivity contribution in [2.75, 3.05) is 20.2 Å². The summed E-state index contributed by atoms with van der Waals surface area (Å²) in [5, 5.41) is 11.2. The van der Waals surface area contributed by atoms with Gasteiger partial charge in [0, 0.05) is 22.7 Å². The van der Waals surface area contributed by atoms with Crippen LogP contribution in [0.5, 0.6) is 5.75 Å². The molecule has 0 spiro atoms. The average molecular weight is 528 g/mol. The predicted molar refractivity (Wildman–Crippen MR) is 154 cm³/mol. The Bertz CT molecular complexity index is 1500. The van der Waals surface area contributed by atoms with Gasteiger partial charge in [-0.3, -0.25) is 14.7 Å². The van der Waals surface area contributed by atoms with Crippen LogP contribution >= 0.6 is 0 Å². The number of aromatic amines is 2. The number of amides is 1. The molecule has 1 aliphatic rings. The van der Waals surface area contributed by atoms with E-state index in [9.17, 15) is 9.59 Å². The van der Waals surface area contributed by atoms with Gasteiger partial charge in [-0.25, -0.2) is 0 Å². The van der Waals surface area contributed by atoms with Crippen molar-refractivity contribution < 1.29 is 9.53 Å². The number of nitrogens with one attached hydrogen (secondary N) is 3.